The first kappa shape index (κ1) is 56.2. The van der Waals surface area contributed by atoms with Crippen LogP contribution in [0.3, 0.4) is 0 Å². The van der Waals surface area contributed by atoms with Gasteiger partial charge in [0.05, 0.1) is 0 Å². The van der Waals surface area contributed by atoms with Crippen molar-refractivity contribution in [1.82, 2.24) is 0 Å². The molecule has 0 N–H and O–H groups in total. The Kier molecular flexibility index (Phi) is 19.9. The minimum Gasteiger partial charge on any atom is -0.139 e. The Morgan fingerprint density at radius 2 is 0.822 bits per heavy atom. The van der Waals surface area contributed by atoms with Gasteiger partial charge in [-0.3, -0.25) is 0 Å². The molecule has 0 bridgehead atoms. The molecule has 0 saturated carbocycles. The molecule has 0 nitrogen and oxygen atoms in total. The van der Waals surface area contributed by atoms with Crippen LogP contribution in [0.1, 0.15) is 237 Å². The van der Waals surface area contributed by atoms with Crippen LogP contribution in [-0.4, -0.2) is 0 Å². The molecule has 7 aromatic rings. The van der Waals surface area contributed by atoms with E-state index in [1.165, 1.54) is 202 Å². The largest absolute Gasteiger partial charge is 0.139 e. The van der Waals surface area contributed by atoms with Gasteiger partial charge in [-0.1, -0.05) is 189 Å². The van der Waals surface area contributed by atoms with Crippen molar-refractivity contribution in [1.29, 1.82) is 0 Å². The van der Waals surface area contributed by atoms with E-state index in [0.29, 0.717) is 0 Å². The van der Waals surface area contributed by atoms with E-state index in [9.17, 15) is 0 Å². The monoisotopic (exact) mass is 1070 g/mol. The topological polar surface area (TPSA) is 0 Å². The van der Waals surface area contributed by atoms with Gasteiger partial charge in [0, 0.05) is 54.2 Å². The summed E-state index contributed by atoms with van der Waals surface area (Å²) in [5.74, 6) is 0. The minimum atomic E-state index is 0.0654. The highest BCUT2D eigenvalue weighted by Crippen LogP contribution is 2.57. The fourth-order valence-corrected chi connectivity index (χ4v) is 17.8. The minimum absolute atomic E-state index is 0.0654. The first-order chi connectivity index (χ1) is 35.5. The Balaban J connectivity index is 1.15. The smallest absolute Gasteiger partial charge is 0.0484 e. The van der Waals surface area contributed by atoms with Crippen molar-refractivity contribution in [3.8, 4) is 60.6 Å². The lowest BCUT2D eigenvalue weighted by Crippen LogP contribution is -2.27. The second-order valence-corrected chi connectivity index (χ2v) is 28.1. The van der Waals surface area contributed by atoms with Crippen molar-refractivity contribution in [2.45, 2.75) is 233 Å². The van der Waals surface area contributed by atoms with Gasteiger partial charge in [-0.25, -0.2) is 0 Å². The molecule has 0 amide bonds. The Labute approximate surface area is 464 Å². The van der Waals surface area contributed by atoms with Crippen molar-refractivity contribution in [2.75, 3.05) is 0 Å². The van der Waals surface area contributed by atoms with Crippen molar-refractivity contribution >= 4 is 56.7 Å². The van der Waals surface area contributed by atoms with Gasteiger partial charge in [0.1, 0.15) is 0 Å². The molecular formula is C68H90S5. The van der Waals surface area contributed by atoms with E-state index < -0.39 is 0 Å². The van der Waals surface area contributed by atoms with Crippen LogP contribution in [0, 0.1) is 0 Å². The molecule has 0 fully saturated rings. The van der Waals surface area contributed by atoms with Crippen molar-refractivity contribution in [3.63, 3.8) is 0 Å². The summed E-state index contributed by atoms with van der Waals surface area (Å²) < 4.78 is 0. The van der Waals surface area contributed by atoms with E-state index in [-0.39, 0.29) is 16.2 Å². The quantitative estimate of drug-likeness (QED) is 0.0394. The summed E-state index contributed by atoms with van der Waals surface area (Å²) >= 11 is 10.2. The van der Waals surface area contributed by atoms with Crippen LogP contribution in [0.15, 0.2) is 84.9 Å². The lowest BCUT2D eigenvalue weighted by molar-refractivity contribution is 0.397. The van der Waals surface area contributed by atoms with E-state index in [4.69, 9.17) is 0 Å². The van der Waals surface area contributed by atoms with Crippen molar-refractivity contribution < 1.29 is 0 Å². The average molecular weight is 1070 g/mol. The molecule has 0 atom stereocenters. The first-order valence-electron chi connectivity index (χ1n) is 29.3. The zero-order valence-corrected chi connectivity index (χ0v) is 51.0. The molecule has 0 radical (unpaired) electrons. The molecule has 5 aromatic heterocycles. The van der Waals surface area contributed by atoms with Crippen molar-refractivity contribution in [3.05, 3.63) is 118 Å². The molecule has 0 spiro atoms. The third kappa shape index (κ3) is 12.4. The summed E-state index contributed by atoms with van der Waals surface area (Å²) in [6, 6.07) is 34.8. The fourth-order valence-electron chi connectivity index (χ4n) is 11.8. The van der Waals surface area contributed by atoms with E-state index in [1.54, 1.807) is 32.7 Å². The van der Waals surface area contributed by atoms with Gasteiger partial charge < -0.3 is 0 Å². The summed E-state index contributed by atoms with van der Waals surface area (Å²) in [7, 11) is 0. The molecule has 5 heterocycles. The summed E-state index contributed by atoms with van der Waals surface area (Å²) in [6.45, 7) is 23.8. The maximum Gasteiger partial charge on any atom is 0.0484 e. The Bertz CT molecular complexity index is 2810. The van der Waals surface area contributed by atoms with E-state index >= 15 is 0 Å². The standard InChI is InChI=1S/C68H90S5/c1-11-18-22-26-30-52-53(31-27-23-19-12-2)65(62-41-39-59(71-62)60-42-43-63(72-60)66(8,9)15-5)73-64(52)61-40-38-58(70-61)57-37-36-56(69-57)48-32-34-50-51-35-33-49(67(10,16-6)17-7)47-55(51)68(54(50)46-48,44-28-24-20-13-3)45-29-25-21-14-4/h32-43,46-47H,11-31,44-45H2,1-10H3. The second kappa shape index (κ2) is 25.9. The van der Waals surface area contributed by atoms with Gasteiger partial charge in [0.25, 0.3) is 0 Å². The number of thiophene rings is 5. The van der Waals surface area contributed by atoms with Gasteiger partial charge in [0.2, 0.25) is 0 Å². The number of benzene rings is 2. The Hall–Kier alpha value is -3.06. The van der Waals surface area contributed by atoms with Gasteiger partial charge in [-0.15, -0.1) is 56.7 Å². The Morgan fingerprint density at radius 3 is 1.33 bits per heavy atom. The van der Waals surface area contributed by atoms with Crippen LogP contribution in [-0.2, 0) is 29.1 Å². The van der Waals surface area contributed by atoms with Crippen LogP contribution in [0.25, 0.3) is 60.6 Å². The number of rotatable bonds is 30. The summed E-state index contributed by atoms with van der Waals surface area (Å²) in [5.41, 5.74) is 13.0. The average Bonchev–Trinajstić information content (AvgIpc) is 4.29. The predicted octanol–water partition coefficient (Wildman–Crippen LogP) is 24.5. The number of hydrogen-bond donors (Lipinski definition) is 0. The van der Waals surface area contributed by atoms with Crippen LogP contribution < -0.4 is 0 Å². The predicted molar refractivity (Wildman–Crippen MR) is 334 cm³/mol. The van der Waals surface area contributed by atoms with Crippen LogP contribution in [0.5, 0.6) is 0 Å². The number of fused-ring (bicyclic) bond motifs is 3. The highest BCUT2D eigenvalue weighted by Gasteiger charge is 2.43. The molecule has 1 aliphatic carbocycles. The van der Waals surface area contributed by atoms with Crippen LogP contribution in [0.4, 0.5) is 0 Å². The molecule has 0 unspecified atom stereocenters. The first-order valence-corrected chi connectivity index (χ1v) is 33.4. The molecule has 0 saturated heterocycles. The molecule has 5 heteroatoms. The van der Waals surface area contributed by atoms with E-state index in [0.717, 1.165) is 6.42 Å². The second-order valence-electron chi connectivity index (χ2n) is 22.7. The number of unbranched alkanes of at least 4 members (excludes halogenated alkanes) is 12. The molecule has 1 aliphatic rings. The van der Waals surface area contributed by atoms with Gasteiger partial charge in [-0.05, 0) is 168 Å². The lowest BCUT2D eigenvalue weighted by Gasteiger charge is -2.35. The highest BCUT2D eigenvalue weighted by molar-refractivity contribution is 7.30. The lowest BCUT2D eigenvalue weighted by atomic mass is 9.68. The zero-order chi connectivity index (χ0) is 51.6. The zero-order valence-electron chi connectivity index (χ0n) is 46.9. The van der Waals surface area contributed by atoms with Gasteiger partial charge in [-0.2, -0.15) is 0 Å². The maximum atomic E-state index is 2.70. The van der Waals surface area contributed by atoms with Crippen molar-refractivity contribution in [2.24, 2.45) is 0 Å². The van der Waals surface area contributed by atoms with Gasteiger partial charge >= 0.3 is 0 Å². The van der Waals surface area contributed by atoms with Gasteiger partial charge in [0.15, 0.2) is 0 Å². The third-order valence-electron chi connectivity index (χ3n) is 17.4. The summed E-state index contributed by atoms with van der Waals surface area (Å²) in [5, 5.41) is 0. The van der Waals surface area contributed by atoms with E-state index in [1.807, 2.05) is 45.3 Å². The van der Waals surface area contributed by atoms with Crippen LogP contribution in [0.2, 0.25) is 0 Å². The molecule has 73 heavy (non-hydrogen) atoms. The Morgan fingerprint density at radius 1 is 0.384 bits per heavy atom. The normalized spacial score (nSPS) is 13.3. The highest BCUT2D eigenvalue weighted by atomic mass is 32.1. The molecule has 0 aliphatic heterocycles. The SMILES string of the molecule is CCCCCCc1c(-c2ccc(-c3ccc(-c4ccc5c(c4)C(CCCCCC)(CCCCCC)c4cc(C(C)(CC)CC)ccc4-5)s3)s2)sc(-c2ccc(-c3ccc(C(C)(C)CC)s3)s2)c1CCCCCC. The summed E-state index contributed by atoms with van der Waals surface area (Å²) in [4.78, 5) is 14.5. The summed E-state index contributed by atoms with van der Waals surface area (Å²) in [6.07, 6.45) is 29.2. The molecule has 8 rings (SSSR count). The third-order valence-corrected chi connectivity index (χ3v) is 24.2. The number of hydrogen-bond acceptors (Lipinski definition) is 5. The maximum absolute atomic E-state index is 2.70. The molecule has 2 aromatic carbocycles. The fraction of sp³-hybridized carbons (Fsp3) is 0.529. The van der Waals surface area contributed by atoms with Crippen LogP contribution >= 0.6 is 56.7 Å². The molecular weight excluding hydrogens is 977 g/mol. The van der Waals surface area contributed by atoms with E-state index in [2.05, 4.69) is 166 Å². The molecule has 392 valence electrons.